The zero-order valence-electron chi connectivity index (χ0n) is 13.3. The third kappa shape index (κ3) is 5.18. The summed E-state index contributed by atoms with van der Waals surface area (Å²) in [6.07, 6.45) is 2.75. The first kappa shape index (κ1) is 17.1. The van der Waals surface area contributed by atoms with E-state index in [2.05, 4.69) is 11.8 Å². The summed E-state index contributed by atoms with van der Waals surface area (Å²) in [5.74, 6) is 1.03. The van der Waals surface area contributed by atoms with Crippen LogP contribution < -0.4 is 4.74 Å². The molecule has 1 aromatic rings. The summed E-state index contributed by atoms with van der Waals surface area (Å²) in [6, 6.07) is 7.52. The van der Waals surface area contributed by atoms with E-state index < -0.39 is 0 Å². The minimum atomic E-state index is 0.300. The van der Waals surface area contributed by atoms with Gasteiger partial charge in [-0.25, -0.2) is 0 Å². The van der Waals surface area contributed by atoms with Gasteiger partial charge in [-0.15, -0.1) is 0 Å². The molecule has 22 heavy (non-hydrogen) atoms. The lowest BCUT2D eigenvalue weighted by Crippen LogP contribution is -2.49. The number of rotatable bonds is 7. The second-order valence-electron chi connectivity index (χ2n) is 5.60. The lowest BCUT2D eigenvalue weighted by molar-refractivity contribution is -0.133. The van der Waals surface area contributed by atoms with Crippen molar-refractivity contribution in [1.29, 1.82) is 0 Å². The Morgan fingerprint density at radius 1 is 1.23 bits per heavy atom. The molecule has 0 radical (unpaired) electrons. The SMILES string of the molecule is CCCCC(=O)N1CCN(CCOc2ccccc2Cl)CC1. The van der Waals surface area contributed by atoms with Gasteiger partial charge < -0.3 is 9.64 Å². The molecule has 1 saturated heterocycles. The van der Waals surface area contributed by atoms with Gasteiger partial charge in [0, 0.05) is 39.1 Å². The van der Waals surface area contributed by atoms with Crippen LogP contribution in [0.15, 0.2) is 24.3 Å². The summed E-state index contributed by atoms with van der Waals surface area (Å²) >= 11 is 6.06. The van der Waals surface area contributed by atoms with Crippen molar-refractivity contribution in [3.05, 3.63) is 29.3 Å². The molecule has 0 saturated carbocycles. The summed E-state index contributed by atoms with van der Waals surface area (Å²) in [7, 11) is 0. The zero-order chi connectivity index (χ0) is 15.8. The molecule has 0 unspecified atom stereocenters. The Balaban J connectivity index is 1.65. The first-order valence-corrected chi connectivity index (χ1v) is 8.46. The molecular weight excluding hydrogens is 300 g/mol. The van der Waals surface area contributed by atoms with E-state index in [0.29, 0.717) is 24.0 Å². The van der Waals surface area contributed by atoms with Crippen LogP contribution in [0.2, 0.25) is 5.02 Å². The van der Waals surface area contributed by atoms with Crippen molar-refractivity contribution < 1.29 is 9.53 Å². The van der Waals surface area contributed by atoms with E-state index in [1.54, 1.807) is 0 Å². The van der Waals surface area contributed by atoms with Gasteiger partial charge in [0.25, 0.3) is 0 Å². The number of hydrogen-bond acceptors (Lipinski definition) is 3. The fourth-order valence-electron chi connectivity index (χ4n) is 2.55. The predicted molar refractivity (Wildman–Crippen MR) is 89.5 cm³/mol. The van der Waals surface area contributed by atoms with Gasteiger partial charge in [0.2, 0.25) is 5.91 Å². The van der Waals surface area contributed by atoms with Gasteiger partial charge in [-0.05, 0) is 18.6 Å². The second-order valence-corrected chi connectivity index (χ2v) is 6.01. The molecule has 0 aliphatic carbocycles. The number of piperazine rings is 1. The Bertz CT molecular complexity index is 473. The summed E-state index contributed by atoms with van der Waals surface area (Å²) in [5.41, 5.74) is 0. The predicted octanol–water partition coefficient (Wildman–Crippen LogP) is 3.05. The topological polar surface area (TPSA) is 32.8 Å². The van der Waals surface area contributed by atoms with Crippen LogP contribution >= 0.6 is 11.6 Å². The average molecular weight is 325 g/mol. The van der Waals surface area contributed by atoms with E-state index in [1.165, 1.54) is 0 Å². The molecule has 1 heterocycles. The van der Waals surface area contributed by atoms with E-state index >= 15 is 0 Å². The monoisotopic (exact) mass is 324 g/mol. The molecule has 1 aromatic carbocycles. The van der Waals surface area contributed by atoms with E-state index in [9.17, 15) is 4.79 Å². The van der Waals surface area contributed by atoms with Crippen molar-refractivity contribution in [3.63, 3.8) is 0 Å². The second kappa shape index (κ2) is 9.01. The first-order valence-electron chi connectivity index (χ1n) is 8.08. The number of nitrogens with zero attached hydrogens (tertiary/aromatic N) is 2. The Morgan fingerprint density at radius 2 is 1.95 bits per heavy atom. The highest BCUT2D eigenvalue weighted by Crippen LogP contribution is 2.22. The normalized spacial score (nSPS) is 15.8. The van der Waals surface area contributed by atoms with Crippen LogP contribution in [0, 0.1) is 0 Å². The van der Waals surface area contributed by atoms with Crippen LogP contribution in [0.5, 0.6) is 5.75 Å². The lowest BCUT2D eigenvalue weighted by Gasteiger charge is -2.34. The molecule has 1 aliphatic heterocycles. The molecule has 1 amide bonds. The lowest BCUT2D eigenvalue weighted by atomic mass is 10.2. The number of unbranched alkanes of at least 4 members (excludes halogenated alkanes) is 1. The van der Waals surface area contributed by atoms with Crippen molar-refractivity contribution in [2.24, 2.45) is 0 Å². The molecule has 122 valence electrons. The van der Waals surface area contributed by atoms with E-state index in [0.717, 1.165) is 51.3 Å². The van der Waals surface area contributed by atoms with Gasteiger partial charge in [0.05, 0.1) is 5.02 Å². The number of hydrogen-bond donors (Lipinski definition) is 0. The third-order valence-electron chi connectivity index (χ3n) is 3.97. The Hall–Kier alpha value is -1.26. The van der Waals surface area contributed by atoms with Crippen LogP contribution in [0.3, 0.4) is 0 Å². The summed E-state index contributed by atoms with van der Waals surface area (Å²) in [6.45, 7) is 7.09. The molecule has 1 fully saturated rings. The summed E-state index contributed by atoms with van der Waals surface area (Å²) in [5, 5.41) is 0.647. The van der Waals surface area contributed by atoms with Crippen LogP contribution in [-0.4, -0.2) is 55.0 Å². The third-order valence-corrected chi connectivity index (χ3v) is 4.28. The van der Waals surface area contributed by atoms with Gasteiger partial charge in [-0.2, -0.15) is 0 Å². The number of ether oxygens (including phenoxy) is 1. The van der Waals surface area contributed by atoms with Crippen molar-refractivity contribution in [2.45, 2.75) is 26.2 Å². The quantitative estimate of drug-likeness (QED) is 0.773. The summed E-state index contributed by atoms with van der Waals surface area (Å²) < 4.78 is 5.71. The van der Waals surface area contributed by atoms with Gasteiger partial charge >= 0.3 is 0 Å². The van der Waals surface area contributed by atoms with E-state index in [4.69, 9.17) is 16.3 Å². The van der Waals surface area contributed by atoms with Crippen molar-refractivity contribution in [3.8, 4) is 5.75 Å². The molecule has 0 atom stereocenters. The standard InChI is InChI=1S/C17H25ClN2O2/c1-2-3-8-17(21)20-11-9-19(10-12-20)13-14-22-16-7-5-4-6-15(16)18/h4-7H,2-3,8-14H2,1H3. The average Bonchev–Trinajstić information content (AvgIpc) is 2.55. The van der Waals surface area contributed by atoms with E-state index in [-0.39, 0.29) is 0 Å². The first-order chi connectivity index (χ1) is 10.7. The van der Waals surface area contributed by atoms with E-state index in [1.807, 2.05) is 29.2 Å². The number of carbonyl (C=O) groups excluding carboxylic acids is 1. The minimum absolute atomic E-state index is 0.300. The number of benzene rings is 1. The van der Waals surface area contributed by atoms with Gasteiger partial charge in [-0.1, -0.05) is 37.1 Å². The van der Waals surface area contributed by atoms with Crippen molar-refractivity contribution >= 4 is 17.5 Å². The Labute approximate surface area is 138 Å². The van der Waals surface area contributed by atoms with Crippen molar-refractivity contribution in [2.75, 3.05) is 39.3 Å². The Kier molecular flexibility index (Phi) is 7.00. The van der Waals surface area contributed by atoms with Crippen LogP contribution in [-0.2, 0) is 4.79 Å². The summed E-state index contributed by atoms with van der Waals surface area (Å²) in [4.78, 5) is 16.3. The van der Waals surface area contributed by atoms with Gasteiger partial charge in [0.1, 0.15) is 12.4 Å². The van der Waals surface area contributed by atoms with Gasteiger partial charge in [-0.3, -0.25) is 9.69 Å². The molecule has 1 aliphatic rings. The highest BCUT2D eigenvalue weighted by molar-refractivity contribution is 6.32. The van der Waals surface area contributed by atoms with Crippen LogP contribution in [0.25, 0.3) is 0 Å². The number of amides is 1. The highest BCUT2D eigenvalue weighted by atomic mass is 35.5. The zero-order valence-corrected chi connectivity index (χ0v) is 14.0. The van der Waals surface area contributed by atoms with Crippen molar-refractivity contribution in [1.82, 2.24) is 9.80 Å². The fourth-order valence-corrected chi connectivity index (χ4v) is 2.74. The fraction of sp³-hybridized carbons (Fsp3) is 0.588. The Morgan fingerprint density at radius 3 is 2.64 bits per heavy atom. The largest absolute Gasteiger partial charge is 0.491 e. The maximum absolute atomic E-state index is 12.0. The molecule has 4 nitrogen and oxygen atoms in total. The number of halogens is 1. The maximum atomic E-state index is 12.0. The van der Waals surface area contributed by atoms with Crippen LogP contribution in [0.4, 0.5) is 0 Å². The molecule has 0 N–H and O–H groups in total. The smallest absolute Gasteiger partial charge is 0.222 e. The number of carbonyl (C=O) groups is 1. The molecule has 0 bridgehead atoms. The highest BCUT2D eigenvalue weighted by Gasteiger charge is 2.20. The minimum Gasteiger partial charge on any atom is -0.491 e. The number of para-hydroxylation sites is 1. The molecule has 5 heteroatoms. The maximum Gasteiger partial charge on any atom is 0.222 e. The molecule has 2 rings (SSSR count). The molecule has 0 aromatic heterocycles. The van der Waals surface area contributed by atoms with Gasteiger partial charge in [0.15, 0.2) is 0 Å². The van der Waals surface area contributed by atoms with Crippen LogP contribution in [0.1, 0.15) is 26.2 Å². The molecular formula is C17H25ClN2O2. The molecule has 0 spiro atoms.